The minimum absolute atomic E-state index is 0.0642. The van der Waals surface area contributed by atoms with Gasteiger partial charge in [-0.3, -0.25) is 9.59 Å². The second-order valence-corrected chi connectivity index (χ2v) is 6.20. The Labute approximate surface area is 132 Å². The first-order valence-electron chi connectivity index (χ1n) is 8.38. The first kappa shape index (κ1) is 15.1. The number of likely N-dealkylation sites (tertiary alicyclic amines) is 1. The zero-order chi connectivity index (χ0) is 15.5. The normalized spacial score (nSPS) is 22.2. The van der Waals surface area contributed by atoms with Gasteiger partial charge in [0.25, 0.3) is 0 Å². The number of fused-ring (bicyclic) bond motifs is 1. The summed E-state index contributed by atoms with van der Waals surface area (Å²) >= 11 is 0. The zero-order valence-corrected chi connectivity index (χ0v) is 13.3. The lowest BCUT2D eigenvalue weighted by atomic mass is 9.91. The van der Waals surface area contributed by atoms with E-state index in [1.807, 2.05) is 36.1 Å². The van der Waals surface area contributed by atoms with Gasteiger partial charge in [-0.1, -0.05) is 37.1 Å². The summed E-state index contributed by atoms with van der Waals surface area (Å²) in [6, 6.07) is 7.46. The van der Waals surface area contributed by atoms with E-state index in [-0.39, 0.29) is 11.8 Å². The Hall–Kier alpha value is -1.84. The second-order valence-electron chi connectivity index (χ2n) is 6.20. The van der Waals surface area contributed by atoms with Gasteiger partial charge in [0.05, 0.1) is 6.42 Å². The maximum absolute atomic E-state index is 13.1. The van der Waals surface area contributed by atoms with Gasteiger partial charge in [-0.25, -0.2) is 0 Å². The monoisotopic (exact) mass is 300 g/mol. The van der Waals surface area contributed by atoms with Crippen LogP contribution in [0.15, 0.2) is 24.3 Å². The number of benzene rings is 1. The molecule has 0 aromatic heterocycles. The maximum atomic E-state index is 13.1. The molecule has 1 aromatic rings. The Morgan fingerprint density at radius 2 is 1.82 bits per heavy atom. The van der Waals surface area contributed by atoms with E-state index in [0.717, 1.165) is 37.1 Å². The molecule has 4 nitrogen and oxygen atoms in total. The molecule has 0 N–H and O–H groups in total. The third-order valence-electron chi connectivity index (χ3n) is 4.82. The summed E-state index contributed by atoms with van der Waals surface area (Å²) in [6.07, 6.45) is 4.94. The lowest BCUT2D eigenvalue weighted by molar-refractivity contribution is -0.146. The Kier molecular flexibility index (Phi) is 4.46. The van der Waals surface area contributed by atoms with E-state index in [0.29, 0.717) is 13.0 Å². The molecule has 1 saturated heterocycles. The van der Waals surface area contributed by atoms with Gasteiger partial charge in [0.15, 0.2) is 0 Å². The second kappa shape index (κ2) is 6.51. The molecule has 1 aromatic carbocycles. The highest BCUT2D eigenvalue weighted by Crippen LogP contribution is 2.32. The van der Waals surface area contributed by atoms with E-state index in [2.05, 4.69) is 0 Å². The van der Waals surface area contributed by atoms with Crippen LogP contribution in [0.1, 0.15) is 49.8 Å². The van der Waals surface area contributed by atoms with E-state index in [9.17, 15) is 9.59 Å². The average molecular weight is 300 g/mol. The highest BCUT2D eigenvalue weighted by molar-refractivity contribution is 5.92. The number of hydrogen-bond donors (Lipinski definition) is 0. The number of carbonyl (C=O) groups is 2. The van der Waals surface area contributed by atoms with Crippen molar-refractivity contribution >= 4 is 11.8 Å². The van der Waals surface area contributed by atoms with Crippen molar-refractivity contribution in [2.75, 3.05) is 19.6 Å². The molecule has 0 bridgehead atoms. The van der Waals surface area contributed by atoms with E-state index in [4.69, 9.17) is 0 Å². The van der Waals surface area contributed by atoms with Gasteiger partial charge >= 0.3 is 0 Å². The van der Waals surface area contributed by atoms with Crippen LogP contribution in [0, 0.1) is 0 Å². The lowest BCUT2D eigenvalue weighted by Gasteiger charge is -2.38. The van der Waals surface area contributed by atoms with Crippen LogP contribution in [0.2, 0.25) is 0 Å². The van der Waals surface area contributed by atoms with Crippen molar-refractivity contribution in [3.8, 4) is 0 Å². The van der Waals surface area contributed by atoms with Gasteiger partial charge in [0, 0.05) is 19.6 Å². The third-order valence-corrected chi connectivity index (χ3v) is 4.82. The first-order valence-corrected chi connectivity index (χ1v) is 8.38. The summed E-state index contributed by atoms with van der Waals surface area (Å²) < 4.78 is 0. The highest BCUT2D eigenvalue weighted by Gasteiger charge is 2.38. The molecule has 1 fully saturated rings. The zero-order valence-electron chi connectivity index (χ0n) is 13.3. The molecule has 2 aliphatic heterocycles. The van der Waals surface area contributed by atoms with Gasteiger partial charge in [-0.05, 0) is 30.9 Å². The van der Waals surface area contributed by atoms with Crippen molar-refractivity contribution in [2.24, 2.45) is 0 Å². The van der Waals surface area contributed by atoms with Crippen LogP contribution in [0.25, 0.3) is 0 Å². The quantitative estimate of drug-likeness (QED) is 0.842. The number of rotatable bonds is 2. The molecule has 0 radical (unpaired) electrons. The number of hydrogen-bond acceptors (Lipinski definition) is 2. The van der Waals surface area contributed by atoms with Crippen LogP contribution in [0.5, 0.6) is 0 Å². The smallest absolute Gasteiger partial charge is 0.250 e. The fourth-order valence-corrected chi connectivity index (χ4v) is 3.63. The Morgan fingerprint density at radius 1 is 1.14 bits per heavy atom. The molecule has 22 heavy (non-hydrogen) atoms. The summed E-state index contributed by atoms with van der Waals surface area (Å²) in [7, 11) is 0. The van der Waals surface area contributed by atoms with Crippen molar-refractivity contribution < 1.29 is 9.59 Å². The minimum atomic E-state index is -0.430. The topological polar surface area (TPSA) is 40.6 Å². The van der Waals surface area contributed by atoms with Gasteiger partial charge < -0.3 is 9.80 Å². The van der Waals surface area contributed by atoms with Crippen molar-refractivity contribution in [1.29, 1.82) is 0 Å². The van der Waals surface area contributed by atoms with Gasteiger partial charge in [-0.2, -0.15) is 0 Å². The average Bonchev–Trinajstić information content (AvgIpc) is 2.82. The Balaban J connectivity index is 1.94. The molecule has 0 unspecified atom stereocenters. The highest BCUT2D eigenvalue weighted by atomic mass is 16.2. The minimum Gasteiger partial charge on any atom is -0.341 e. The van der Waals surface area contributed by atoms with Gasteiger partial charge in [-0.15, -0.1) is 0 Å². The molecule has 1 atom stereocenters. The van der Waals surface area contributed by atoms with E-state index in [1.165, 1.54) is 12.8 Å². The Bertz CT molecular complexity index is 562. The molecule has 0 aliphatic carbocycles. The molecular weight excluding hydrogens is 276 g/mol. The predicted molar refractivity (Wildman–Crippen MR) is 85.3 cm³/mol. The molecule has 0 saturated carbocycles. The van der Waals surface area contributed by atoms with Crippen LogP contribution < -0.4 is 0 Å². The van der Waals surface area contributed by atoms with Crippen molar-refractivity contribution in [2.45, 2.75) is 45.1 Å². The van der Waals surface area contributed by atoms with E-state index < -0.39 is 6.04 Å². The molecule has 0 spiro atoms. The first-order chi connectivity index (χ1) is 10.7. The number of likely N-dealkylation sites (N-methyl/N-ethyl adjacent to an activating group) is 1. The van der Waals surface area contributed by atoms with E-state index in [1.54, 1.807) is 4.90 Å². The Morgan fingerprint density at radius 3 is 2.50 bits per heavy atom. The molecular formula is C18H24N2O2. The van der Waals surface area contributed by atoms with Crippen LogP contribution in [0.4, 0.5) is 0 Å². The van der Waals surface area contributed by atoms with Crippen molar-refractivity contribution in [3.05, 3.63) is 35.4 Å². The van der Waals surface area contributed by atoms with Crippen LogP contribution >= 0.6 is 0 Å². The molecule has 2 heterocycles. The lowest BCUT2D eigenvalue weighted by Crippen LogP contribution is -2.48. The van der Waals surface area contributed by atoms with Crippen LogP contribution in [-0.4, -0.2) is 41.2 Å². The summed E-state index contributed by atoms with van der Waals surface area (Å²) in [5.74, 6) is 0.165. The molecule has 3 rings (SSSR count). The molecule has 2 aliphatic rings. The SMILES string of the molecule is CCN1C(=O)Cc2ccccc2[C@@H]1C(=O)N1CCCCCC1. The number of carbonyl (C=O) groups excluding carboxylic acids is 2. The fraction of sp³-hybridized carbons (Fsp3) is 0.556. The number of nitrogens with zero attached hydrogens (tertiary/aromatic N) is 2. The predicted octanol–water partition coefficient (Wildman–Crippen LogP) is 2.53. The standard InChI is InChI=1S/C18H24N2O2/c1-2-20-16(21)13-14-9-5-6-10-15(14)17(20)18(22)19-11-7-3-4-8-12-19/h5-6,9-10,17H,2-4,7-8,11-13H2,1H3/t17-/m1/s1. The van der Waals surface area contributed by atoms with Crippen LogP contribution in [0.3, 0.4) is 0 Å². The van der Waals surface area contributed by atoms with Gasteiger partial charge in [0.1, 0.15) is 6.04 Å². The molecule has 118 valence electrons. The largest absolute Gasteiger partial charge is 0.341 e. The van der Waals surface area contributed by atoms with E-state index >= 15 is 0 Å². The third kappa shape index (κ3) is 2.74. The van der Waals surface area contributed by atoms with Crippen molar-refractivity contribution in [3.63, 3.8) is 0 Å². The molecule has 4 heteroatoms. The summed E-state index contributed by atoms with van der Waals surface area (Å²) in [5.41, 5.74) is 2.02. The number of amides is 2. The molecule has 2 amide bonds. The summed E-state index contributed by atoms with van der Waals surface area (Å²) in [4.78, 5) is 29.2. The van der Waals surface area contributed by atoms with Gasteiger partial charge in [0.2, 0.25) is 11.8 Å². The fourth-order valence-electron chi connectivity index (χ4n) is 3.63. The maximum Gasteiger partial charge on any atom is 0.250 e. The van der Waals surface area contributed by atoms with Crippen LogP contribution in [-0.2, 0) is 16.0 Å². The van der Waals surface area contributed by atoms with Crippen molar-refractivity contribution in [1.82, 2.24) is 9.80 Å². The summed E-state index contributed by atoms with van der Waals surface area (Å²) in [5, 5.41) is 0. The summed E-state index contributed by atoms with van der Waals surface area (Å²) in [6.45, 7) is 4.18.